The predicted octanol–water partition coefficient (Wildman–Crippen LogP) is 2.74. The molecule has 26 heavy (non-hydrogen) atoms. The third-order valence-electron chi connectivity index (χ3n) is 4.24. The lowest BCUT2D eigenvalue weighted by Crippen LogP contribution is -2.34. The molecular formula is C16H17ClFN5O3. The molecular weight excluding hydrogens is 365 g/mol. The molecule has 0 spiro atoms. The van der Waals surface area contributed by atoms with Crippen LogP contribution in [0.2, 0.25) is 5.02 Å². The van der Waals surface area contributed by atoms with E-state index < -0.39 is 16.6 Å². The molecule has 0 fully saturated rings. The van der Waals surface area contributed by atoms with Gasteiger partial charge in [-0.1, -0.05) is 18.5 Å². The lowest BCUT2D eigenvalue weighted by Gasteiger charge is -2.23. The van der Waals surface area contributed by atoms with Gasteiger partial charge in [0.05, 0.1) is 22.4 Å². The Balaban J connectivity index is 1.78. The Morgan fingerprint density at radius 1 is 1.54 bits per heavy atom. The minimum absolute atomic E-state index is 0.0269. The standard InChI is InChI=1S/C16H17ClFN5O3/c1-2-14-20-16-12(4-3-5-22(16)21-14)19-15(24)7-9-6-11(18)10(17)8-13(9)23(25)26/h6,8,12H,2-5,7H2,1H3,(H,19,24). The van der Waals surface area contributed by atoms with Crippen molar-refractivity contribution in [2.24, 2.45) is 0 Å². The highest BCUT2D eigenvalue weighted by Gasteiger charge is 2.27. The number of carbonyl (C=O) groups excluding carboxylic acids is 1. The highest BCUT2D eigenvalue weighted by atomic mass is 35.5. The predicted molar refractivity (Wildman–Crippen MR) is 91.3 cm³/mol. The zero-order valence-corrected chi connectivity index (χ0v) is 14.8. The largest absolute Gasteiger partial charge is 0.346 e. The third-order valence-corrected chi connectivity index (χ3v) is 4.53. The number of nitrogens with one attached hydrogen (secondary N) is 1. The van der Waals surface area contributed by atoms with Crippen molar-refractivity contribution >= 4 is 23.2 Å². The van der Waals surface area contributed by atoms with Crippen molar-refractivity contribution in [1.29, 1.82) is 0 Å². The Labute approximate surface area is 153 Å². The van der Waals surface area contributed by atoms with Gasteiger partial charge in [0.2, 0.25) is 5.91 Å². The van der Waals surface area contributed by atoms with Crippen LogP contribution in [0.15, 0.2) is 12.1 Å². The summed E-state index contributed by atoms with van der Waals surface area (Å²) in [5.74, 6) is 0.134. The molecule has 2 aromatic rings. The third kappa shape index (κ3) is 3.67. The molecule has 138 valence electrons. The van der Waals surface area contributed by atoms with Crippen LogP contribution in [0.5, 0.6) is 0 Å². The molecule has 1 aliphatic heterocycles. The van der Waals surface area contributed by atoms with Gasteiger partial charge in [0.15, 0.2) is 5.82 Å². The van der Waals surface area contributed by atoms with Gasteiger partial charge < -0.3 is 5.32 Å². The number of halogens is 2. The smallest absolute Gasteiger partial charge is 0.274 e. The first-order valence-electron chi connectivity index (χ1n) is 8.24. The first-order chi connectivity index (χ1) is 12.4. The molecule has 10 heteroatoms. The van der Waals surface area contributed by atoms with Gasteiger partial charge in [-0.3, -0.25) is 14.9 Å². The van der Waals surface area contributed by atoms with E-state index in [1.165, 1.54) is 0 Å². The number of nitro benzene ring substituents is 1. The lowest BCUT2D eigenvalue weighted by molar-refractivity contribution is -0.385. The molecule has 1 aromatic heterocycles. The van der Waals surface area contributed by atoms with Crippen LogP contribution in [-0.4, -0.2) is 25.6 Å². The highest BCUT2D eigenvalue weighted by Crippen LogP contribution is 2.27. The number of nitro groups is 1. The fourth-order valence-electron chi connectivity index (χ4n) is 2.99. The summed E-state index contributed by atoms with van der Waals surface area (Å²) in [7, 11) is 0. The quantitative estimate of drug-likeness (QED) is 0.633. The molecule has 1 atom stereocenters. The SMILES string of the molecule is CCc1nc2n(n1)CCCC2NC(=O)Cc1cc(F)c(Cl)cc1[N+](=O)[O-]. The molecule has 0 saturated carbocycles. The number of hydrogen-bond acceptors (Lipinski definition) is 5. The number of rotatable bonds is 5. The first kappa shape index (κ1) is 18.2. The van der Waals surface area contributed by atoms with Crippen LogP contribution in [0.1, 0.15) is 43.0 Å². The van der Waals surface area contributed by atoms with Gasteiger partial charge in [-0.25, -0.2) is 14.1 Å². The molecule has 0 radical (unpaired) electrons. The van der Waals surface area contributed by atoms with E-state index in [1.54, 1.807) is 4.68 Å². The van der Waals surface area contributed by atoms with E-state index in [1.807, 2.05) is 6.92 Å². The molecule has 0 aliphatic carbocycles. The van der Waals surface area contributed by atoms with Gasteiger partial charge in [-0.2, -0.15) is 5.10 Å². The summed E-state index contributed by atoms with van der Waals surface area (Å²) in [5.41, 5.74) is -0.410. The van der Waals surface area contributed by atoms with Gasteiger partial charge >= 0.3 is 0 Å². The van der Waals surface area contributed by atoms with E-state index in [0.29, 0.717) is 24.5 Å². The number of aromatic nitrogens is 3. The minimum Gasteiger partial charge on any atom is -0.346 e. The number of amides is 1. The minimum atomic E-state index is -0.801. The van der Waals surface area contributed by atoms with Gasteiger partial charge in [0.1, 0.15) is 11.6 Å². The Hall–Kier alpha value is -2.55. The van der Waals surface area contributed by atoms with Crippen LogP contribution in [0.25, 0.3) is 0 Å². The van der Waals surface area contributed by atoms with Crippen molar-refractivity contribution in [3.63, 3.8) is 0 Å². The van der Waals surface area contributed by atoms with E-state index >= 15 is 0 Å². The number of aryl methyl sites for hydroxylation is 2. The lowest BCUT2D eigenvalue weighted by atomic mass is 10.1. The summed E-state index contributed by atoms with van der Waals surface area (Å²) in [6.07, 6.45) is 1.90. The summed E-state index contributed by atoms with van der Waals surface area (Å²) in [5, 5.41) is 18.0. The van der Waals surface area contributed by atoms with E-state index in [0.717, 1.165) is 25.1 Å². The summed E-state index contributed by atoms with van der Waals surface area (Å²) in [4.78, 5) is 27.3. The summed E-state index contributed by atoms with van der Waals surface area (Å²) < 4.78 is 15.4. The van der Waals surface area contributed by atoms with Crippen molar-refractivity contribution in [1.82, 2.24) is 20.1 Å². The Kier molecular flexibility index (Phi) is 5.17. The number of carbonyl (C=O) groups is 1. The van der Waals surface area contributed by atoms with Crippen molar-refractivity contribution in [3.8, 4) is 0 Å². The molecule has 1 N–H and O–H groups in total. The number of hydrogen-bond donors (Lipinski definition) is 1. The van der Waals surface area contributed by atoms with Gasteiger partial charge in [-0.05, 0) is 18.9 Å². The average molecular weight is 382 g/mol. The number of nitrogens with zero attached hydrogens (tertiary/aromatic N) is 4. The summed E-state index contributed by atoms with van der Waals surface area (Å²) >= 11 is 5.60. The zero-order valence-electron chi connectivity index (χ0n) is 14.0. The Bertz CT molecular complexity index is 870. The van der Waals surface area contributed by atoms with Gasteiger partial charge in [-0.15, -0.1) is 0 Å². The first-order valence-corrected chi connectivity index (χ1v) is 8.62. The maximum absolute atomic E-state index is 13.7. The van der Waals surface area contributed by atoms with E-state index in [9.17, 15) is 19.3 Å². The van der Waals surface area contributed by atoms with E-state index in [2.05, 4.69) is 15.4 Å². The molecule has 1 aromatic carbocycles. The van der Waals surface area contributed by atoms with Crippen LogP contribution < -0.4 is 5.32 Å². The maximum atomic E-state index is 13.7. The summed E-state index contributed by atoms with van der Waals surface area (Å²) in [6, 6.07) is 1.53. The summed E-state index contributed by atoms with van der Waals surface area (Å²) in [6.45, 7) is 2.69. The average Bonchev–Trinajstić information content (AvgIpc) is 3.02. The number of benzene rings is 1. The normalized spacial score (nSPS) is 16.2. The Morgan fingerprint density at radius 2 is 2.31 bits per heavy atom. The molecule has 1 unspecified atom stereocenters. The molecule has 1 aliphatic rings. The van der Waals surface area contributed by atoms with E-state index in [-0.39, 0.29) is 28.7 Å². The van der Waals surface area contributed by atoms with Gasteiger partial charge in [0.25, 0.3) is 5.69 Å². The molecule has 3 rings (SSSR count). The zero-order chi connectivity index (χ0) is 18.8. The second-order valence-corrected chi connectivity index (χ2v) is 6.46. The van der Waals surface area contributed by atoms with Crippen molar-refractivity contribution in [2.75, 3.05) is 0 Å². The topological polar surface area (TPSA) is 103 Å². The van der Waals surface area contributed by atoms with Crippen LogP contribution >= 0.6 is 11.6 Å². The monoisotopic (exact) mass is 381 g/mol. The fraction of sp³-hybridized carbons (Fsp3) is 0.438. The van der Waals surface area contributed by atoms with E-state index in [4.69, 9.17) is 11.6 Å². The molecule has 0 bridgehead atoms. The highest BCUT2D eigenvalue weighted by molar-refractivity contribution is 6.31. The molecule has 0 saturated heterocycles. The van der Waals surface area contributed by atoms with Crippen LogP contribution in [0, 0.1) is 15.9 Å². The van der Waals surface area contributed by atoms with Crippen molar-refractivity contribution in [3.05, 3.63) is 50.3 Å². The van der Waals surface area contributed by atoms with Crippen molar-refractivity contribution < 1.29 is 14.1 Å². The Morgan fingerprint density at radius 3 is 3.00 bits per heavy atom. The van der Waals surface area contributed by atoms with Crippen molar-refractivity contribution in [2.45, 2.75) is 45.2 Å². The van der Waals surface area contributed by atoms with Crippen LogP contribution in [-0.2, 0) is 24.2 Å². The fourth-order valence-corrected chi connectivity index (χ4v) is 3.15. The van der Waals surface area contributed by atoms with Gasteiger partial charge in [0, 0.05) is 24.6 Å². The molecule has 1 amide bonds. The molecule has 2 heterocycles. The van der Waals surface area contributed by atoms with Crippen LogP contribution in [0.4, 0.5) is 10.1 Å². The number of fused-ring (bicyclic) bond motifs is 1. The second kappa shape index (κ2) is 7.36. The van der Waals surface area contributed by atoms with Crippen LogP contribution in [0.3, 0.4) is 0 Å². The molecule has 8 nitrogen and oxygen atoms in total. The second-order valence-electron chi connectivity index (χ2n) is 6.05. The maximum Gasteiger partial charge on any atom is 0.274 e.